The summed E-state index contributed by atoms with van der Waals surface area (Å²) in [6.45, 7) is 3.68. The molecule has 1 aliphatic rings. The van der Waals surface area contributed by atoms with E-state index < -0.39 is 5.97 Å². The number of carbonyl (C=O) groups excluding carboxylic acids is 2. The van der Waals surface area contributed by atoms with Crippen molar-refractivity contribution in [2.45, 2.75) is 39.2 Å². The van der Waals surface area contributed by atoms with E-state index in [1.807, 2.05) is 32.0 Å². The third kappa shape index (κ3) is 3.51. The summed E-state index contributed by atoms with van der Waals surface area (Å²) in [5, 5.41) is 2.79. The zero-order valence-electron chi connectivity index (χ0n) is 13.9. The first-order valence-electron chi connectivity index (χ1n) is 8.26. The molecule has 0 saturated heterocycles. The molecule has 0 spiro atoms. The topological polar surface area (TPSA) is 55.4 Å². The third-order valence-corrected chi connectivity index (χ3v) is 5.48. The van der Waals surface area contributed by atoms with Crippen molar-refractivity contribution in [3.05, 3.63) is 46.3 Å². The summed E-state index contributed by atoms with van der Waals surface area (Å²) in [6, 6.07) is 10.3. The lowest BCUT2D eigenvalue weighted by atomic mass is 9.91. The standard InChI is InChI=1S/C19H21NO3S/c1-3-12(2)20-17(21)11-23-19(22)16-10-14-9-8-13-6-4-5-7-15(13)18(14)24-16/h4-7,10,12H,3,8-9,11H2,1-2H3,(H,20,21)/t12-/m0/s1. The Kier molecular flexibility index (Phi) is 5.00. The van der Waals surface area contributed by atoms with Crippen LogP contribution in [0.2, 0.25) is 0 Å². The van der Waals surface area contributed by atoms with Gasteiger partial charge < -0.3 is 10.1 Å². The Labute approximate surface area is 145 Å². The maximum atomic E-state index is 12.2. The summed E-state index contributed by atoms with van der Waals surface area (Å²) in [4.78, 5) is 25.7. The molecule has 0 unspecified atom stereocenters. The van der Waals surface area contributed by atoms with Gasteiger partial charge in [0.2, 0.25) is 0 Å². The van der Waals surface area contributed by atoms with Crippen molar-refractivity contribution in [1.82, 2.24) is 5.32 Å². The van der Waals surface area contributed by atoms with Crippen LogP contribution in [0.5, 0.6) is 0 Å². The second-order valence-corrected chi connectivity index (χ2v) is 7.13. The number of hydrogen-bond acceptors (Lipinski definition) is 4. The van der Waals surface area contributed by atoms with E-state index in [1.165, 1.54) is 28.0 Å². The van der Waals surface area contributed by atoms with Gasteiger partial charge in [0.15, 0.2) is 6.61 Å². The summed E-state index contributed by atoms with van der Waals surface area (Å²) in [5.41, 5.74) is 3.71. The first kappa shape index (κ1) is 16.7. The van der Waals surface area contributed by atoms with Crippen LogP contribution >= 0.6 is 11.3 Å². The lowest BCUT2D eigenvalue weighted by molar-refractivity contribution is -0.124. The SMILES string of the molecule is CC[C@H](C)NC(=O)COC(=O)c1cc2c(s1)-c1ccccc1CC2. The van der Waals surface area contributed by atoms with Gasteiger partial charge in [-0.3, -0.25) is 4.79 Å². The number of rotatable bonds is 5. The normalized spacial score (nSPS) is 13.6. The van der Waals surface area contributed by atoms with E-state index in [2.05, 4.69) is 17.4 Å². The van der Waals surface area contributed by atoms with Gasteiger partial charge in [0.25, 0.3) is 5.91 Å². The van der Waals surface area contributed by atoms with Crippen LogP contribution in [-0.2, 0) is 22.4 Å². The Morgan fingerprint density at radius 2 is 2.00 bits per heavy atom. The van der Waals surface area contributed by atoms with Gasteiger partial charge in [0.05, 0.1) is 0 Å². The highest BCUT2D eigenvalue weighted by atomic mass is 32.1. The molecule has 1 N–H and O–H groups in total. The quantitative estimate of drug-likeness (QED) is 0.844. The second-order valence-electron chi connectivity index (χ2n) is 6.08. The number of hydrogen-bond donors (Lipinski definition) is 1. The minimum Gasteiger partial charge on any atom is -0.451 e. The number of esters is 1. The fourth-order valence-corrected chi connectivity index (χ4v) is 3.96. The number of benzene rings is 1. The highest BCUT2D eigenvalue weighted by molar-refractivity contribution is 7.17. The van der Waals surface area contributed by atoms with Crippen LogP contribution in [0.25, 0.3) is 10.4 Å². The molecule has 3 rings (SSSR count). The average Bonchev–Trinajstić information content (AvgIpc) is 3.04. The van der Waals surface area contributed by atoms with Gasteiger partial charge in [-0.2, -0.15) is 0 Å². The number of thiophene rings is 1. The van der Waals surface area contributed by atoms with Gasteiger partial charge >= 0.3 is 5.97 Å². The Hall–Kier alpha value is -2.14. The molecular formula is C19H21NO3S. The Bertz CT molecular complexity index is 766. The number of carbonyl (C=O) groups is 2. The zero-order valence-corrected chi connectivity index (χ0v) is 14.7. The molecule has 126 valence electrons. The fourth-order valence-electron chi connectivity index (χ4n) is 2.79. The lowest BCUT2D eigenvalue weighted by Gasteiger charge is -2.15. The van der Waals surface area contributed by atoms with E-state index >= 15 is 0 Å². The largest absolute Gasteiger partial charge is 0.451 e. The highest BCUT2D eigenvalue weighted by Gasteiger charge is 2.22. The van der Waals surface area contributed by atoms with E-state index in [1.54, 1.807) is 0 Å². The first-order valence-corrected chi connectivity index (χ1v) is 9.07. The number of amides is 1. The fraction of sp³-hybridized carbons (Fsp3) is 0.368. The molecule has 2 aromatic rings. The van der Waals surface area contributed by atoms with Gasteiger partial charge in [0.1, 0.15) is 4.88 Å². The molecule has 0 bridgehead atoms. The second kappa shape index (κ2) is 7.18. The molecule has 1 heterocycles. The molecule has 24 heavy (non-hydrogen) atoms. The van der Waals surface area contributed by atoms with Crippen molar-refractivity contribution in [3.63, 3.8) is 0 Å². The maximum absolute atomic E-state index is 12.2. The van der Waals surface area contributed by atoms with Gasteiger partial charge in [-0.15, -0.1) is 11.3 Å². The van der Waals surface area contributed by atoms with Gasteiger partial charge in [0, 0.05) is 10.9 Å². The molecule has 5 heteroatoms. The van der Waals surface area contributed by atoms with Gasteiger partial charge in [-0.05, 0) is 48.9 Å². The summed E-state index contributed by atoms with van der Waals surface area (Å²) in [7, 11) is 0. The summed E-state index contributed by atoms with van der Waals surface area (Å²) in [5.74, 6) is -0.685. The van der Waals surface area contributed by atoms with Crippen molar-refractivity contribution in [3.8, 4) is 10.4 Å². The van der Waals surface area contributed by atoms with Crippen LogP contribution in [0.4, 0.5) is 0 Å². The predicted molar refractivity (Wildman–Crippen MR) is 95.3 cm³/mol. The third-order valence-electron chi connectivity index (χ3n) is 4.29. The van der Waals surface area contributed by atoms with E-state index in [0.717, 1.165) is 24.1 Å². The predicted octanol–water partition coefficient (Wildman–Crippen LogP) is 3.59. The highest BCUT2D eigenvalue weighted by Crippen LogP contribution is 2.39. The van der Waals surface area contributed by atoms with E-state index in [0.29, 0.717) is 4.88 Å². The minimum absolute atomic E-state index is 0.0850. The molecule has 4 nitrogen and oxygen atoms in total. The number of fused-ring (bicyclic) bond motifs is 3. The Morgan fingerprint density at radius 1 is 1.25 bits per heavy atom. The van der Waals surface area contributed by atoms with E-state index in [9.17, 15) is 9.59 Å². The molecule has 0 fully saturated rings. The summed E-state index contributed by atoms with van der Waals surface area (Å²) >= 11 is 1.45. The van der Waals surface area contributed by atoms with Crippen LogP contribution < -0.4 is 5.32 Å². The Balaban J connectivity index is 1.68. The van der Waals surface area contributed by atoms with E-state index in [4.69, 9.17) is 4.74 Å². The molecule has 0 aliphatic heterocycles. The first-order chi connectivity index (χ1) is 11.6. The summed E-state index contributed by atoms with van der Waals surface area (Å²) in [6.07, 6.45) is 2.77. The summed E-state index contributed by atoms with van der Waals surface area (Å²) < 4.78 is 5.16. The van der Waals surface area contributed by atoms with Gasteiger partial charge in [-0.1, -0.05) is 31.2 Å². The molecule has 1 atom stereocenters. The average molecular weight is 343 g/mol. The van der Waals surface area contributed by atoms with Crippen molar-refractivity contribution < 1.29 is 14.3 Å². The molecule has 0 saturated carbocycles. The molecular weight excluding hydrogens is 322 g/mol. The number of ether oxygens (including phenoxy) is 1. The maximum Gasteiger partial charge on any atom is 0.348 e. The molecule has 1 aromatic carbocycles. The van der Waals surface area contributed by atoms with Crippen LogP contribution in [0, 0.1) is 0 Å². The van der Waals surface area contributed by atoms with Crippen molar-refractivity contribution in [1.29, 1.82) is 0 Å². The van der Waals surface area contributed by atoms with Crippen molar-refractivity contribution in [2.24, 2.45) is 0 Å². The Morgan fingerprint density at radius 3 is 2.79 bits per heavy atom. The monoisotopic (exact) mass is 343 g/mol. The van der Waals surface area contributed by atoms with Crippen LogP contribution in [-0.4, -0.2) is 24.5 Å². The zero-order chi connectivity index (χ0) is 17.1. The van der Waals surface area contributed by atoms with Crippen LogP contribution in [0.15, 0.2) is 30.3 Å². The lowest BCUT2D eigenvalue weighted by Crippen LogP contribution is -2.35. The minimum atomic E-state index is -0.425. The van der Waals surface area contributed by atoms with Crippen molar-refractivity contribution in [2.75, 3.05) is 6.61 Å². The molecule has 1 amide bonds. The smallest absolute Gasteiger partial charge is 0.348 e. The van der Waals surface area contributed by atoms with Crippen LogP contribution in [0.3, 0.4) is 0 Å². The number of aryl methyl sites for hydroxylation is 2. The van der Waals surface area contributed by atoms with Crippen molar-refractivity contribution >= 4 is 23.2 Å². The molecule has 0 radical (unpaired) electrons. The molecule has 1 aliphatic carbocycles. The van der Waals surface area contributed by atoms with E-state index in [-0.39, 0.29) is 18.6 Å². The molecule has 1 aromatic heterocycles. The van der Waals surface area contributed by atoms with Gasteiger partial charge in [-0.25, -0.2) is 4.79 Å². The van der Waals surface area contributed by atoms with Crippen LogP contribution in [0.1, 0.15) is 41.1 Å². The number of nitrogens with one attached hydrogen (secondary N) is 1.